The second kappa shape index (κ2) is 8.84. The van der Waals surface area contributed by atoms with Gasteiger partial charge in [0.25, 0.3) is 0 Å². The molecule has 0 saturated heterocycles. The van der Waals surface area contributed by atoms with E-state index in [2.05, 4.69) is 60.9 Å². The molecule has 1 aromatic carbocycles. The average Bonchev–Trinajstić information content (AvgIpc) is 2.52. The molecule has 0 aromatic heterocycles. The Bertz CT molecular complexity index is 434. The summed E-state index contributed by atoms with van der Waals surface area (Å²) in [6, 6.07) is 12.2. The molecule has 1 heteroatoms. The summed E-state index contributed by atoms with van der Waals surface area (Å²) in [6.45, 7) is 7.22. The Morgan fingerprint density at radius 2 is 2.05 bits per heavy atom. The number of benzene rings is 1. The molecule has 0 fully saturated rings. The van der Waals surface area contributed by atoms with E-state index in [9.17, 15) is 0 Å². The summed E-state index contributed by atoms with van der Waals surface area (Å²) in [4.78, 5) is 2.72. The molecule has 1 nitrogen and oxygen atoms in total. The van der Waals surface area contributed by atoms with E-state index in [1.54, 1.807) is 0 Å². The van der Waals surface area contributed by atoms with Crippen LogP contribution in [0, 0.1) is 0 Å². The molecular weight excluding hydrogens is 254 g/mol. The van der Waals surface area contributed by atoms with Crippen molar-refractivity contribution in [3.8, 4) is 0 Å². The molecule has 0 aliphatic carbocycles. The van der Waals surface area contributed by atoms with Gasteiger partial charge >= 0.3 is 0 Å². The van der Waals surface area contributed by atoms with Crippen molar-refractivity contribution in [3.05, 3.63) is 60.7 Å². The van der Waals surface area contributed by atoms with Crippen LogP contribution in [-0.4, -0.2) is 17.0 Å². The Morgan fingerprint density at radius 1 is 1.24 bits per heavy atom. The molecule has 21 heavy (non-hydrogen) atoms. The van der Waals surface area contributed by atoms with E-state index >= 15 is 0 Å². The predicted octanol–water partition coefficient (Wildman–Crippen LogP) is 5.34. The van der Waals surface area contributed by atoms with Gasteiger partial charge in [-0.2, -0.15) is 0 Å². The zero-order valence-corrected chi connectivity index (χ0v) is 13.4. The summed E-state index contributed by atoms with van der Waals surface area (Å²) in [6.07, 6.45) is 14.3. The molecule has 0 radical (unpaired) electrons. The smallest absolute Gasteiger partial charge is 0.0284 e. The SMILES string of the molecule is C=CCCC[C@H]1C=CC[C@H](CCC)N1Cc1ccccc1. The molecular formula is C20H29N. The zero-order chi connectivity index (χ0) is 14.9. The van der Waals surface area contributed by atoms with Crippen molar-refractivity contribution in [1.29, 1.82) is 0 Å². The number of nitrogens with zero attached hydrogens (tertiary/aromatic N) is 1. The lowest BCUT2D eigenvalue weighted by Gasteiger charge is -2.39. The highest BCUT2D eigenvalue weighted by Crippen LogP contribution is 2.26. The average molecular weight is 283 g/mol. The molecule has 1 aliphatic heterocycles. The topological polar surface area (TPSA) is 3.24 Å². The van der Waals surface area contributed by atoms with Gasteiger partial charge in [0.2, 0.25) is 0 Å². The van der Waals surface area contributed by atoms with Crippen LogP contribution in [0.15, 0.2) is 55.1 Å². The minimum Gasteiger partial charge on any atom is -0.289 e. The van der Waals surface area contributed by atoms with Crippen molar-refractivity contribution in [3.63, 3.8) is 0 Å². The fourth-order valence-electron chi connectivity index (χ4n) is 3.30. The highest BCUT2D eigenvalue weighted by Gasteiger charge is 2.26. The number of hydrogen-bond donors (Lipinski definition) is 0. The summed E-state index contributed by atoms with van der Waals surface area (Å²) in [5.74, 6) is 0. The third-order valence-electron chi connectivity index (χ3n) is 4.40. The predicted molar refractivity (Wildman–Crippen MR) is 92.3 cm³/mol. The third-order valence-corrected chi connectivity index (χ3v) is 4.40. The van der Waals surface area contributed by atoms with Crippen LogP contribution in [0.1, 0.15) is 51.0 Å². The van der Waals surface area contributed by atoms with Crippen molar-refractivity contribution in [2.75, 3.05) is 0 Å². The van der Waals surface area contributed by atoms with E-state index in [0.717, 1.165) is 13.0 Å². The number of rotatable bonds is 8. The van der Waals surface area contributed by atoms with Crippen LogP contribution in [0.4, 0.5) is 0 Å². The Hall–Kier alpha value is -1.34. The van der Waals surface area contributed by atoms with Gasteiger partial charge in [-0.1, -0.05) is 61.9 Å². The second-order valence-corrected chi connectivity index (χ2v) is 6.05. The Labute approximate surface area is 130 Å². The summed E-state index contributed by atoms with van der Waals surface area (Å²) < 4.78 is 0. The van der Waals surface area contributed by atoms with Crippen molar-refractivity contribution < 1.29 is 0 Å². The molecule has 0 amide bonds. The monoisotopic (exact) mass is 283 g/mol. The maximum atomic E-state index is 3.84. The number of unbranched alkanes of at least 4 members (excludes halogenated alkanes) is 1. The van der Waals surface area contributed by atoms with Gasteiger partial charge < -0.3 is 0 Å². The van der Waals surface area contributed by atoms with Crippen molar-refractivity contribution >= 4 is 0 Å². The molecule has 0 spiro atoms. The van der Waals surface area contributed by atoms with Crippen LogP contribution in [0.25, 0.3) is 0 Å². The molecule has 0 saturated carbocycles. The van der Waals surface area contributed by atoms with Gasteiger partial charge in [-0.25, -0.2) is 0 Å². The molecule has 0 bridgehead atoms. The van der Waals surface area contributed by atoms with Crippen molar-refractivity contribution in [2.24, 2.45) is 0 Å². The third kappa shape index (κ3) is 4.86. The van der Waals surface area contributed by atoms with Crippen LogP contribution in [0.2, 0.25) is 0 Å². The van der Waals surface area contributed by atoms with Crippen LogP contribution in [0.5, 0.6) is 0 Å². The van der Waals surface area contributed by atoms with Crippen molar-refractivity contribution in [2.45, 2.75) is 64.1 Å². The Balaban J connectivity index is 2.06. The van der Waals surface area contributed by atoms with E-state index in [-0.39, 0.29) is 0 Å². The largest absolute Gasteiger partial charge is 0.289 e. The first-order chi connectivity index (χ1) is 10.3. The molecule has 1 heterocycles. The summed E-state index contributed by atoms with van der Waals surface area (Å²) >= 11 is 0. The molecule has 1 aromatic rings. The molecule has 114 valence electrons. The first-order valence-corrected chi connectivity index (χ1v) is 8.42. The van der Waals surface area contributed by atoms with Gasteiger partial charge in [0, 0.05) is 18.6 Å². The van der Waals surface area contributed by atoms with Gasteiger partial charge in [0.05, 0.1) is 0 Å². The molecule has 2 atom stereocenters. The normalized spacial score (nSPS) is 22.3. The van der Waals surface area contributed by atoms with E-state index in [1.165, 1.54) is 37.7 Å². The van der Waals surface area contributed by atoms with Crippen LogP contribution in [0.3, 0.4) is 0 Å². The highest BCUT2D eigenvalue weighted by molar-refractivity contribution is 5.16. The minimum atomic E-state index is 0.593. The van der Waals surface area contributed by atoms with E-state index < -0.39 is 0 Å². The molecule has 1 aliphatic rings. The van der Waals surface area contributed by atoms with Crippen LogP contribution in [-0.2, 0) is 6.54 Å². The van der Waals surface area contributed by atoms with Gasteiger partial charge in [0.15, 0.2) is 0 Å². The summed E-state index contributed by atoms with van der Waals surface area (Å²) in [7, 11) is 0. The fraction of sp³-hybridized carbons (Fsp3) is 0.500. The Morgan fingerprint density at radius 3 is 2.76 bits per heavy atom. The highest BCUT2D eigenvalue weighted by atomic mass is 15.2. The van der Waals surface area contributed by atoms with Gasteiger partial charge in [0.1, 0.15) is 0 Å². The lowest BCUT2D eigenvalue weighted by atomic mass is 9.95. The van der Waals surface area contributed by atoms with E-state index in [0.29, 0.717) is 12.1 Å². The lowest BCUT2D eigenvalue weighted by Crippen LogP contribution is -2.43. The summed E-state index contributed by atoms with van der Waals surface area (Å²) in [5.41, 5.74) is 1.43. The van der Waals surface area contributed by atoms with Gasteiger partial charge in [-0.05, 0) is 37.7 Å². The fourth-order valence-corrected chi connectivity index (χ4v) is 3.30. The number of hydrogen-bond acceptors (Lipinski definition) is 1. The van der Waals surface area contributed by atoms with E-state index in [4.69, 9.17) is 0 Å². The standard InChI is InChI=1S/C20H29N/c1-3-5-7-14-20-16-10-15-19(11-4-2)21(20)17-18-12-8-6-9-13-18/h3,6,8-10,12-13,16,19-20H,1,4-5,7,11,14-15,17H2,2H3/t19-,20-/m0/s1. The first-order valence-electron chi connectivity index (χ1n) is 8.42. The molecule has 0 N–H and O–H groups in total. The van der Waals surface area contributed by atoms with E-state index in [1.807, 2.05) is 6.08 Å². The zero-order valence-electron chi connectivity index (χ0n) is 13.4. The van der Waals surface area contributed by atoms with Crippen LogP contribution < -0.4 is 0 Å². The van der Waals surface area contributed by atoms with Gasteiger partial charge in [-0.3, -0.25) is 4.90 Å². The Kier molecular flexibility index (Phi) is 6.75. The lowest BCUT2D eigenvalue weighted by molar-refractivity contribution is 0.125. The summed E-state index contributed by atoms with van der Waals surface area (Å²) in [5, 5.41) is 0. The minimum absolute atomic E-state index is 0.593. The molecule has 2 rings (SSSR count). The maximum absolute atomic E-state index is 3.84. The maximum Gasteiger partial charge on any atom is 0.0284 e. The number of allylic oxidation sites excluding steroid dienone is 1. The van der Waals surface area contributed by atoms with Gasteiger partial charge in [-0.15, -0.1) is 6.58 Å². The first kappa shape index (κ1) is 16.0. The van der Waals surface area contributed by atoms with Crippen LogP contribution >= 0.6 is 0 Å². The molecule has 0 unspecified atom stereocenters. The second-order valence-electron chi connectivity index (χ2n) is 6.05. The quantitative estimate of drug-likeness (QED) is 0.459. The van der Waals surface area contributed by atoms with Crippen molar-refractivity contribution in [1.82, 2.24) is 4.90 Å².